The van der Waals surface area contributed by atoms with Gasteiger partial charge >= 0.3 is 6.01 Å². The van der Waals surface area contributed by atoms with Crippen LogP contribution in [0.5, 0.6) is 11.8 Å². The van der Waals surface area contributed by atoms with Crippen LogP contribution in [-0.4, -0.2) is 30.8 Å². The fraction of sp³-hybridized carbons (Fsp3) is 0.423. The van der Waals surface area contributed by atoms with E-state index in [-0.39, 0.29) is 11.3 Å². The fourth-order valence-electron chi connectivity index (χ4n) is 6.06. The third-order valence-corrected chi connectivity index (χ3v) is 7.72. The van der Waals surface area contributed by atoms with Gasteiger partial charge < -0.3 is 14.9 Å². The SMILES string of the molecule is CCC12CC(C)(O)C(O)(c3ccccn3)C[C@H]1CCc1cc(Oc3ncccn3)ccc12. The van der Waals surface area contributed by atoms with Crippen LogP contribution in [0.3, 0.4) is 0 Å². The van der Waals surface area contributed by atoms with Crippen LogP contribution < -0.4 is 4.74 Å². The first-order valence-corrected chi connectivity index (χ1v) is 11.3. The van der Waals surface area contributed by atoms with Crippen molar-refractivity contribution in [3.8, 4) is 11.8 Å². The molecule has 2 aliphatic rings. The van der Waals surface area contributed by atoms with Gasteiger partial charge in [0.2, 0.25) is 0 Å². The summed E-state index contributed by atoms with van der Waals surface area (Å²) in [5.74, 6) is 0.962. The van der Waals surface area contributed by atoms with E-state index in [1.165, 1.54) is 11.1 Å². The zero-order valence-electron chi connectivity index (χ0n) is 18.5. The molecule has 6 nitrogen and oxygen atoms in total. The Morgan fingerprint density at radius 1 is 1.03 bits per heavy atom. The van der Waals surface area contributed by atoms with E-state index in [2.05, 4.69) is 34.0 Å². The van der Waals surface area contributed by atoms with E-state index < -0.39 is 11.2 Å². The van der Waals surface area contributed by atoms with Gasteiger partial charge in [0.15, 0.2) is 0 Å². The Balaban J connectivity index is 1.51. The first-order valence-electron chi connectivity index (χ1n) is 11.3. The molecule has 2 aromatic heterocycles. The largest absolute Gasteiger partial charge is 0.424 e. The number of aromatic nitrogens is 3. The lowest BCUT2D eigenvalue weighted by Gasteiger charge is -2.58. The highest BCUT2D eigenvalue weighted by molar-refractivity contribution is 5.45. The van der Waals surface area contributed by atoms with Crippen LogP contribution in [0.1, 0.15) is 56.4 Å². The minimum absolute atomic E-state index is 0.208. The molecule has 3 unspecified atom stereocenters. The summed E-state index contributed by atoms with van der Waals surface area (Å²) >= 11 is 0. The van der Waals surface area contributed by atoms with Gasteiger partial charge in [-0.25, -0.2) is 9.97 Å². The highest BCUT2D eigenvalue weighted by Crippen LogP contribution is 2.59. The van der Waals surface area contributed by atoms with Gasteiger partial charge in [0, 0.05) is 24.0 Å². The van der Waals surface area contributed by atoms with E-state index in [0.717, 1.165) is 19.3 Å². The zero-order chi connectivity index (χ0) is 22.4. The molecule has 4 atom stereocenters. The number of hydrogen-bond acceptors (Lipinski definition) is 6. The number of benzene rings is 1. The number of aryl methyl sites for hydroxylation is 1. The molecule has 166 valence electrons. The van der Waals surface area contributed by atoms with Crippen molar-refractivity contribution in [2.45, 2.75) is 62.6 Å². The summed E-state index contributed by atoms with van der Waals surface area (Å²) < 4.78 is 5.86. The van der Waals surface area contributed by atoms with Crippen molar-refractivity contribution in [3.63, 3.8) is 0 Å². The maximum absolute atomic E-state index is 11.7. The normalized spacial score (nSPS) is 31.4. The van der Waals surface area contributed by atoms with Crippen molar-refractivity contribution in [1.29, 1.82) is 0 Å². The van der Waals surface area contributed by atoms with Gasteiger partial charge in [-0.05, 0) is 86.4 Å². The van der Waals surface area contributed by atoms with Crippen LogP contribution in [0, 0.1) is 5.92 Å². The second-order valence-corrected chi connectivity index (χ2v) is 9.43. The second-order valence-electron chi connectivity index (χ2n) is 9.43. The molecule has 6 heteroatoms. The third-order valence-electron chi connectivity index (χ3n) is 7.72. The molecule has 2 N–H and O–H groups in total. The predicted molar refractivity (Wildman–Crippen MR) is 120 cm³/mol. The lowest BCUT2D eigenvalue weighted by molar-refractivity contribution is -0.207. The highest BCUT2D eigenvalue weighted by Gasteiger charge is 2.61. The van der Waals surface area contributed by atoms with Gasteiger partial charge in [-0.3, -0.25) is 4.98 Å². The van der Waals surface area contributed by atoms with Crippen LogP contribution >= 0.6 is 0 Å². The van der Waals surface area contributed by atoms with E-state index in [0.29, 0.717) is 30.3 Å². The molecule has 1 fully saturated rings. The van der Waals surface area contributed by atoms with Gasteiger partial charge in [0.1, 0.15) is 11.4 Å². The molecule has 0 bridgehead atoms. The van der Waals surface area contributed by atoms with Gasteiger partial charge in [-0.15, -0.1) is 0 Å². The monoisotopic (exact) mass is 431 g/mol. The summed E-state index contributed by atoms with van der Waals surface area (Å²) in [5, 5.41) is 23.4. The minimum Gasteiger partial charge on any atom is -0.424 e. The van der Waals surface area contributed by atoms with Crippen LogP contribution in [0.25, 0.3) is 0 Å². The number of aliphatic hydroxyl groups is 2. The molecule has 5 rings (SSSR count). The van der Waals surface area contributed by atoms with Crippen molar-refractivity contribution < 1.29 is 14.9 Å². The topological polar surface area (TPSA) is 88.4 Å². The summed E-state index contributed by atoms with van der Waals surface area (Å²) in [6.45, 7) is 3.94. The van der Waals surface area contributed by atoms with Crippen molar-refractivity contribution in [2.24, 2.45) is 5.92 Å². The first-order chi connectivity index (χ1) is 15.4. The summed E-state index contributed by atoms with van der Waals surface area (Å²) in [6, 6.07) is 13.8. The molecule has 3 aromatic rings. The van der Waals surface area contributed by atoms with Crippen LogP contribution in [0.2, 0.25) is 0 Å². The van der Waals surface area contributed by atoms with E-state index in [1.54, 1.807) is 31.6 Å². The summed E-state index contributed by atoms with van der Waals surface area (Å²) in [4.78, 5) is 12.7. The van der Waals surface area contributed by atoms with Crippen LogP contribution in [0.15, 0.2) is 61.1 Å². The van der Waals surface area contributed by atoms with E-state index in [1.807, 2.05) is 24.3 Å². The summed E-state index contributed by atoms with van der Waals surface area (Å²) in [5.41, 5.74) is 0.140. The number of nitrogens with zero attached hydrogens (tertiary/aromatic N) is 3. The molecule has 0 spiro atoms. The standard InChI is InChI=1S/C26H29N3O3/c1-3-25-17-24(2,30)26(31,22-7-4-5-12-27-22)16-19(25)9-8-18-15-20(10-11-21(18)25)32-23-28-13-6-14-29-23/h4-7,10-15,19,30-31H,3,8-9,16-17H2,1-2H3/t19-,24?,25?,26?/m1/s1. The Kier molecular flexibility index (Phi) is 5.02. The number of fused-ring (bicyclic) bond motifs is 3. The van der Waals surface area contributed by atoms with E-state index in [4.69, 9.17) is 4.74 Å². The average molecular weight is 432 g/mol. The molecule has 0 saturated heterocycles. The van der Waals surface area contributed by atoms with Gasteiger partial charge in [0.05, 0.1) is 11.3 Å². The quantitative estimate of drug-likeness (QED) is 0.640. The third kappa shape index (κ3) is 3.21. The smallest absolute Gasteiger partial charge is 0.321 e. The van der Waals surface area contributed by atoms with Crippen molar-refractivity contribution in [2.75, 3.05) is 0 Å². The molecule has 1 aromatic carbocycles. The minimum atomic E-state index is -1.37. The first kappa shape index (κ1) is 21.0. The maximum Gasteiger partial charge on any atom is 0.321 e. The molecule has 2 heterocycles. The lowest BCUT2D eigenvalue weighted by atomic mass is 9.49. The number of rotatable bonds is 4. The van der Waals surface area contributed by atoms with Crippen molar-refractivity contribution in [1.82, 2.24) is 15.0 Å². The van der Waals surface area contributed by atoms with Crippen molar-refractivity contribution in [3.05, 3.63) is 77.9 Å². The Morgan fingerprint density at radius 2 is 1.81 bits per heavy atom. The summed E-state index contributed by atoms with van der Waals surface area (Å²) in [6.07, 6.45) is 8.69. The van der Waals surface area contributed by atoms with Gasteiger partial charge in [-0.1, -0.05) is 19.1 Å². The van der Waals surface area contributed by atoms with Gasteiger partial charge in [0.25, 0.3) is 0 Å². The van der Waals surface area contributed by atoms with Gasteiger partial charge in [-0.2, -0.15) is 0 Å². The molecule has 0 amide bonds. The molecular weight excluding hydrogens is 402 g/mol. The Labute approximate surface area is 188 Å². The highest BCUT2D eigenvalue weighted by atomic mass is 16.5. The molecule has 0 radical (unpaired) electrons. The average Bonchev–Trinajstić information content (AvgIpc) is 2.81. The maximum atomic E-state index is 11.7. The Hall–Kier alpha value is -2.83. The van der Waals surface area contributed by atoms with Crippen molar-refractivity contribution >= 4 is 0 Å². The number of hydrogen-bond donors (Lipinski definition) is 2. The zero-order valence-corrected chi connectivity index (χ0v) is 18.5. The second kappa shape index (κ2) is 7.64. The van der Waals surface area contributed by atoms with Crippen LogP contribution in [-0.2, 0) is 17.4 Å². The number of pyridine rings is 1. The van der Waals surface area contributed by atoms with E-state index in [9.17, 15) is 10.2 Å². The Bertz CT molecular complexity index is 1110. The molecular formula is C26H29N3O3. The molecule has 2 aliphatic carbocycles. The molecule has 32 heavy (non-hydrogen) atoms. The van der Waals surface area contributed by atoms with Crippen LogP contribution in [0.4, 0.5) is 0 Å². The Morgan fingerprint density at radius 3 is 2.53 bits per heavy atom. The molecule has 1 saturated carbocycles. The fourth-order valence-corrected chi connectivity index (χ4v) is 6.06. The number of ether oxygens (including phenoxy) is 1. The molecule has 0 aliphatic heterocycles. The van der Waals surface area contributed by atoms with E-state index >= 15 is 0 Å². The predicted octanol–water partition coefficient (Wildman–Crippen LogP) is 4.31. The lowest BCUT2D eigenvalue weighted by Crippen LogP contribution is -2.62. The summed E-state index contributed by atoms with van der Waals surface area (Å²) in [7, 11) is 0.